The highest BCUT2D eigenvalue weighted by molar-refractivity contribution is 5.68. The van der Waals surface area contributed by atoms with Crippen molar-refractivity contribution in [1.82, 2.24) is 14.7 Å². The highest BCUT2D eigenvalue weighted by atomic mass is 15.3. The molecule has 3 heterocycles. The predicted molar refractivity (Wildman–Crippen MR) is 92.6 cm³/mol. The molecular formula is C18H19N5. The summed E-state index contributed by atoms with van der Waals surface area (Å²) in [6.45, 7) is 0. The lowest BCUT2D eigenvalue weighted by Gasteiger charge is -2.32. The van der Waals surface area contributed by atoms with Gasteiger partial charge in [-0.15, -0.1) is 0 Å². The van der Waals surface area contributed by atoms with Gasteiger partial charge in [0.25, 0.3) is 0 Å². The molecule has 0 bridgehead atoms. The van der Waals surface area contributed by atoms with Gasteiger partial charge in [0.15, 0.2) is 0 Å². The number of aliphatic imine (C=N–C) groups is 1. The monoisotopic (exact) mass is 305 g/mol. The molecule has 2 aliphatic rings. The van der Waals surface area contributed by atoms with Crippen LogP contribution in [0.5, 0.6) is 0 Å². The Balaban J connectivity index is 1.49. The zero-order chi connectivity index (χ0) is 15.6. The van der Waals surface area contributed by atoms with E-state index in [-0.39, 0.29) is 6.17 Å². The van der Waals surface area contributed by atoms with E-state index >= 15 is 0 Å². The van der Waals surface area contributed by atoms with Crippen molar-refractivity contribution in [3.63, 3.8) is 0 Å². The average molecular weight is 305 g/mol. The molecule has 0 saturated heterocycles. The minimum absolute atomic E-state index is 0.0225. The molecule has 5 heteroatoms. The van der Waals surface area contributed by atoms with Crippen LogP contribution in [-0.4, -0.2) is 34.1 Å². The van der Waals surface area contributed by atoms with Gasteiger partial charge in [0.1, 0.15) is 6.17 Å². The van der Waals surface area contributed by atoms with Crippen LogP contribution in [0.1, 0.15) is 6.42 Å². The summed E-state index contributed by atoms with van der Waals surface area (Å²) in [7, 11) is 2.09. The van der Waals surface area contributed by atoms with Gasteiger partial charge in [-0.1, -0.05) is 6.08 Å². The molecule has 1 aromatic heterocycles. The number of anilines is 1. The van der Waals surface area contributed by atoms with E-state index in [9.17, 15) is 0 Å². The van der Waals surface area contributed by atoms with Crippen LogP contribution in [-0.2, 0) is 0 Å². The predicted octanol–water partition coefficient (Wildman–Crippen LogP) is 3.04. The first-order chi connectivity index (χ1) is 11.3. The summed E-state index contributed by atoms with van der Waals surface area (Å²) < 4.78 is 1.85. The van der Waals surface area contributed by atoms with Gasteiger partial charge in [-0.3, -0.25) is 4.99 Å². The Hall–Kier alpha value is -2.82. The second-order valence-electron chi connectivity index (χ2n) is 5.81. The largest absolute Gasteiger partial charge is 0.361 e. The Morgan fingerprint density at radius 1 is 1.22 bits per heavy atom. The summed E-state index contributed by atoms with van der Waals surface area (Å²) in [6, 6.07) is 10.1. The number of benzene rings is 1. The fourth-order valence-electron chi connectivity index (χ4n) is 3.00. The minimum atomic E-state index is -0.0225. The summed E-state index contributed by atoms with van der Waals surface area (Å²) in [5.41, 5.74) is 3.41. The standard InChI is InChI=1S/C18H19N5/c1-22-10-2-4-14-13-19-18(12-17(14)22)21-15-5-7-16(8-6-15)23-11-3-9-20-23/h2-3,5-14,18,21H,4H2,1H3. The third-order valence-electron chi connectivity index (χ3n) is 4.21. The first kappa shape index (κ1) is 13.8. The maximum Gasteiger partial charge on any atom is 0.139 e. The van der Waals surface area contributed by atoms with E-state index in [0.29, 0.717) is 5.92 Å². The van der Waals surface area contributed by atoms with Gasteiger partial charge >= 0.3 is 0 Å². The Morgan fingerprint density at radius 2 is 2.09 bits per heavy atom. The lowest BCUT2D eigenvalue weighted by molar-refractivity contribution is 0.473. The van der Waals surface area contributed by atoms with Crippen molar-refractivity contribution in [3.05, 3.63) is 66.8 Å². The van der Waals surface area contributed by atoms with E-state index in [4.69, 9.17) is 0 Å². The van der Waals surface area contributed by atoms with E-state index < -0.39 is 0 Å². The number of hydrogen-bond donors (Lipinski definition) is 1. The molecule has 0 amide bonds. The lowest BCUT2D eigenvalue weighted by atomic mass is 9.96. The van der Waals surface area contributed by atoms with Crippen molar-refractivity contribution in [2.75, 3.05) is 12.4 Å². The average Bonchev–Trinajstić information content (AvgIpc) is 3.11. The third kappa shape index (κ3) is 2.77. The van der Waals surface area contributed by atoms with Crippen LogP contribution in [0.2, 0.25) is 0 Å². The Bertz CT molecular complexity index is 755. The van der Waals surface area contributed by atoms with Gasteiger partial charge in [0, 0.05) is 43.0 Å². The van der Waals surface area contributed by atoms with Crippen molar-refractivity contribution < 1.29 is 0 Å². The van der Waals surface area contributed by atoms with Crippen molar-refractivity contribution in [3.8, 4) is 5.69 Å². The summed E-state index contributed by atoms with van der Waals surface area (Å²) in [6.07, 6.45) is 13.3. The van der Waals surface area contributed by atoms with Crippen LogP contribution in [0.4, 0.5) is 5.69 Å². The van der Waals surface area contributed by atoms with Crippen LogP contribution >= 0.6 is 0 Å². The number of dihydropyridines is 1. The number of nitrogens with zero attached hydrogens (tertiary/aromatic N) is 4. The van der Waals surface area contributed by atoms with E-state index in [1.807, 2.05) is 29.1 Å². The highest BCUT2D eigenvalue weighted by Crippen LogP contribution is 2.27. The van der Waals surface area contributed by atoms with Gasteiger partial charge in [-0.2, -0.15) is 5.10 Å². The number of aromatic nitrogens is 2. The second-order valence-corrected chi connectivity index (χ2v) is 5.81. The first-order valence-electron chi connectivity index (χ1n) is 7.81. The summed E-state index contributed by atoms with van der Waals surface area (Å²) in [5, 5.41) is 7.69. The van der Waals surface area contributed by atoms with Crippen LogP contribution < -0.4 is 5.32 Å². The molecule has 1 aromatic carbocycles. The Labute approximate surface area is 135 Å². The number of fused-ring (bicyclic) bond motifs is 1. The maximum absolute atomic E-state index is 4.63. The molecule has 2 atom stereocenters. The van der Waals surface area contributed by atoms with E-state index in [0.717, 1.165) is 17.8 Å². The number of nitrogens with one attached hydrogen (secondary N) is 1. The SMILES string of the molecule is CN1C=CCC2C=NC(Nc3ccc(-n4cccn4)cc3)C=C21. The zero-order valence-corrected chi connectivity index (χ0v) is 13.0. The quantitative estimate of drug-likeness (QED) is 0.948. The molecule has 2 aromatic rings. The van der Waals surface area contributed by atoms with Gasteiger partial charge in [0.05, 0.1) is 5.69 Å². The molecule has 0 fully saturated rings. The minimum Gasteiger partial charge on any atom is -0.361 e. The van der Waals surface area contributed by atoms with E-state index in [2.05, 4.69) is 64.1 Å². The van der Waals surface area contributed by atoms with Crippen LogP contribution in [0, 0.1) is 5.92 Å². The number of rotatable bonds is 3. The molecule has 0 radical (unpaired) electrons. The molecule has 116 valence electrons. The molecule has 0 aliphatic carbocycles. The van der Waals surface area contributed by atoms with Crippen molar-refractivity contribution in [1.29, 1.82) is 0 Å². The first-order valence-corrected chi connectivity index (χ1v) is 7.81. The van der Waals surface area contributed by atoms with Gasteiger partial charge < -0.3 is 10.2 Å². The maximum atomic E-state index is 4.63. The summed E-state index contributed by atoms with van der Waals surface area (Å²) in [4.78, 5) is 6.80. The van der Waals surface area contributed by atoms with E-state index in [1.165, 1.54) is 5.70 Å². The van der Waals surface area contributed by atoms with Crippen LogP contribution in [0.15, 0.2) is 71.8 Å². The molecular weight excluding hydrogens is 286 g/mol. The van der Waals surface area contributed by atoms with Crippen molar-refractivity contribution in [2.45, 2.75) is 12.6 Å². The fourth-order valence-corrected chi connectivity index (χ4v) is 3.00. The third-order valence-corrected chi connectivity index (χ3v) is 4.21. The van der Waals surface area contributed by atoms with Gasteiger partial charge in [-0.05, 0) is 49.0 Å². The topological polar surface area (TPSA) is 45.5 Å². The molecule has 0 saturated carbocycles. The normalized spacial score (nSPS) is 22.7. The second kappa shape index (κ2) is 5.76. The van der Waals surface area contributed by atoms with Crippen LogP contribution in [0.25, 0.3) is 5.69 Å². The highest BCUT2D eigenvalue weighted by Gasteiger charge is 2.22. The molecule has 1 N–H and O–H groups in total. The number of allylic oxidation sites excluding steroid dienone is 2. The molecule has 0 spiro atoms. The van der Waals surface area contributed by atoms with Crippen LogP contribution in [0.3, 0.4) is 0 Å². The molecule has 2 aliphatic heterocycles. The Kier molecular flexibility index (Phi) is 3.46. The van der Waals surface area contributed by atoms with Gasteiger partial charge in [0.2, 0.25) is 0 Å². The smallest absolute Gasteiger partial charge is 0.139 e. The van der Waals surface area contributed by atoms with Gasteiger partial charge in [-0.25, -0.2) is 4.68 Å². The summed E-state index contributed by atoms with van der Waals surface area (Å²) >= 11 is 0. The lowest BCUT2D eigenvalue weighted by Crippen LogP contribution is -2.30. The molecule has 2 unspecified atom stereocenters. The van der Waals surface area contributed by atoms with Crippen molar-refractivity contribution in [2.24, 2.45) is 10.9 Å². The van der Waals surface area contributed by atoms with E-state index in [1.54, 1.807) is 6.20 Å². The number of hydrogen-bond acceptors (Lipinski definition) is 4. The molecule has 23 heavy (non-hydrogen) atoms. The fraction of sp³-hybridized carbons (Fsp3) is 0.222. The molecule has 5 nitrogen and oxygen atoms in total. The Morgan fingerprint density at radius 3 is 2.87 bits per heavy atom. The van der Waals surface area contributed by atoms with Crippen molar-refractivity contribution >= 4 is 11.9 Å². The summed E-state index contributed by atoms with van der Waals surface area (Å²) in [5.74, 6) is 0.408. The zero-order valence-electron chi connectivity index (χ0n) is 13.0. The molecule has 4 rings (SSSR count).